The third kappa shape index (κ3) is 1.93. The summed E-state index contributed by atoms with van der Waals surface area (Å²) in [7, 11) is 0. The molecular formula is C11H14N2S. The van der Waals surface area contributed by atoms with Gasteiger partial charge in [-0.2, -0.15) is 0 Å². The first-order chi connectivity index (χ1) is 6.92. The zero-order valence-corrected chi connectivity index (χ0v) is 9.10. The second-order valence-corrected chi connectivity index (χ2v) is 4.06. The fraction of sp³-hybridized carbons (Fsp3) is 0.364. The molecule has 14 heavy (non-hydrogen) atoms. The van der Waals surface area contributed by atoms with E-state index in [1.165, 1.54) is 10.5 Å². The lowest BCUT2D eigenvalue weighted by Gasteiger charge is -2.16. The summed E-state index contributed by atoms with van der Waals surface area (Å²) in [6.45, 7) is 1.99. The molecule has 1 heterocycles. The average Bonchev–Trinajstić information content (AvgIpc) is 2.30. The maximum atomic E-state index is 4.50. The van der Waals surface area contributed by atoms with E-state index in [4.69, 9.17) is 0 Å². The molecule has 2 rings (SSSR count). The predicted octanol–water partition coefficient (Wildman–Crippen LogP) is 2.15. The summed E-state index contributed by atoms with van der Waals surface area (Å²) in [6, 6.07) is 8.40. The molecule has 0 radical (unpaired) electrons. The van der Waals surface area contributed by atoms with Crippen LogP contribution in [0.25, 0.3) is 0 Å². The van der Waals surface area contributed by atoms with E-state index in [2.05, 4.69) is 40.8 Å². The SMILES string of the molecule is CSc1ccccc1C1=NCCCN1. The van der Waals surface area contributed by atoms with E-state index < -0.39 is 0 Å². The van der Waals surface area contributed by atoms with Crippen LogP contribution in [0, 0.1) is 0 Å². The van der Waals surface area contributed by atoms with Crippen LogP contribution in [0.5, 0.6) is 0 Å². The lowest BCUT2D eigenvalue weighted by molar-refractivity contribution is 0.741. The molecule has 3 heteroatoms. The van der Waals surface area contributed by atoms with Crippen LogP contribution < -0.4 is 5.32 Å². The molecule has 1 N–H and O–H groups in total. The molecule has 0 spiro atoms. The van der Waals surface area contributed by atoms with Crippen LogP contribution in [0.2, 0.25) is 0 Å². The minimum Gasteiger partial charge on any atom is -0.370 e. The smallest absolute Gasteiger partial charge is 0.129 e. The largest absolute Gasteiger partial charge is 0.370 e. The first-order valence-corrected chi connectivity index (χ1v) is 6.06. The van der Waals surface area contributed by atoms with Gasteiger partial charge in [-0.05, 0) is 18.7 Å². The molecule has 0 atom stereocenters. The van der Waals surface area contributed by atoms with Gasteiger partial charge in [-0.25, -0.2) is 0 Å². The van der Waals surface area contributed by atoms with E-state index in [0.717, 1.165) is 25.3 Å². The number of nitrogens with one attached hydrogen (secondary N) is 1. The predicted molar refractivity (Wildman–Crippen MR) is 62.2 cm³/mol. The molecule has 0 unspecified atom stereocenters. The van der Waals surface area contributed by atoms with Crippen molar-refractivity contribution in [2.24, 2.45) is 4.99 Å². The highest BCUT2D eigenvalue weighted by Gasteiger charge is 2.09. The van der Waals surface area contributed by atoms with Crippen molar-refractivity contribution in [2.75, 3.05) is 19.3 Å². The number of rotatable bonds is 2. The summed E-state index contributed by atoms with van der Waals surface area (Å²) in [5.41, 5.74) is 1.24. The third-order valence-electron chi connectivity index (χ3n) is 2.26. The topological polar surface area (TPSA) is 24.4 Å². The Hall–Kier alpha value is -0.960. The average molecular weight is 206 g/mol. The fourth-order valence-electron chi connectivity index (χ4n) is 1.55. The van der Waals surface area contributed by atoms with E-state index in [1.54, 1.807) is 11.8 Å². The molecule has 0 aromatic heterocycles. The Morgan fingerprint density at radius 1 is 1.36 bits per heavy atom. The Morgan fingerprint density at radius 2 is 2.21 bits per heavy atom. The number of hydrogen-bond acceptors (Lipinski definition) is 3. The molecule has 1 aromatic carbocycles. The Bertz CT molecular complexity index is 347. The summed E-state index contributed by atoms with van der Waals surface area (Å²) >= 11 is 1.77. The molecule has 0 amide bonds. The van der Waals surface area contributed by atoms with Gasteiger partial charge in [-0.1, -0.05) is 18.2 Å². The molecule has 2 nitrogen and oxygen atoms in total. The second kappa shape index (κ2) is 4.51. The van der Waals surface area contributed by atoms with Gasteiger partial charge in [0.1, 0.15) is 5.84 Å². The van der Waals surface area contributed by atoms with Crippen molar-refractivity contribution in [1.29, 1.82) is 0 Å². The number of hydrogen-bond donors (Lipinski definition) is 1. The van der Waals surface area contributed by atoms with Crippen molar-refractivity contribution in [1.82, 2.24) is 5.32 Å². The molecule has 0 bridgehead atoms. The molecule has 74 valence electrons. The molecule has 0 fully saturated rings. The minimum absolute atomic E-state index is 0.949. The number of thioether (sulfide) groups is 1. The van der Waals surface area contributed by atoms with Crippen LogP contribution in [-0.2, 0) is 0 Å². The van der Waals surface area contributed by atoms with Crippen LogP contribution in [0.1, 0.15) is 12.0 Å². The van der Waals surface area contributed by atoms with E-state index >= 15 is 0 Å². The molecule has 0 aliphatic carbocycles. The van der Waals surface area contributed by atoms with Gasteiger partial charge in [0.15, 0.2) is 0 Å². The van der Waals surface area contributed by atoms with Crippen LogP contribution in [0.15, 0.2) is 34.2 Å². The van der Waals surface area contributed by atoms with E-state index in [-0.39, 0.29) is 0 Å². The molecule has 1 aliphatic rings. The second-order valence-electron chi connectivity index (χ2n) is 3.21. The van der Waals surface area contributed by atoms with Gasteiger partial charge in [0.05, 0.1) is 0 Å². The van der Waals surface area contributed by atoms with E-state index in [9.17, 15) is 0 Å². The van der Waals surface area contributed by atoms with Crippen molar-refractivity contribution in [3.8, 4) is 0 Å². The molecule has 1 aliphatic heterocycles. The molecule has 0 saturated carbocycles. The van der Waals surface area contributed by atoms with Crippen LogP contribution >= 0.6 is 11.8 Å². The summed E-state index contributed by atoms with van der Waals surface area (Å²) in [6.07, 6.45) is 3.24. The number of nitrogens with zero attached hydrogens (tertiary/aromatic N) is 1. The highest BCUT2D eigenvalue weighted by Crippen LogP contribution is 2.20. The van der Waals surface area contributed by atoms with Gasteiger partial charge < -0.3 is 5.32 Å². The highest BCUT2D eigenvalue weighted by atomic mass is 32.2. The van der Waals surface area contributed by atoms with Gasteiger partial charge in [0.25, 0.3) is 0 Å². The zero-order chi connectivity index (χ0) is 9.80. The van der Waals surface area contributed by atoms with Crippen molar-refractivity contribution in [2.45, 2.75) is 11.3 Å². The molecular weight excluding hydrogens is 192 g/mol. The minimum atomic E-state index is 0.949. The first-order valence-electron chi connectivity index (χ1n) is 4.83. The standard InChI is InChI=1S/C11H14N2S/c1-14-10-6-3-2-5-9(10)11-12-7-4-8-13-11/h2-3,5-6H,4,7-8H2,1H3,(H,12,13). The maximum Gasteiger partial charge on any atom is 0.129 e. The van der Waals surface area contributed by atoms with Crippen LogP contribution in [0.3, 0.4) is 0 Å². The maximum absolute atomic E-state index is 4.50. The lowest BCUT2D eigenvalue weighted by Crippen LogP contribution is -2.30. The number of aliphatic imine (C=N–C) groups is 1. The van der Waals surface area contributed by atoms with Crippen LogP contribution in [0.4, 0.5) is 0 Å². The molecule has 0 saturated heterocycles. The molecule has 1 aromatic rings. The van der Waals surface area contributed by atoms with Crippen molar-refractivity contribution in [3.63, 3.8) is 0 Å². The Kier molecular flexibility index (Phi) is 3.09. The van der Waals surface area contributed by atoms with Gasteiger partial charge in [-0.3, -0.25) is 4.99 Å². The Labute approximate surface area is 88.8 Å². The van der Waals surface area contributed by atoms with Crippen molar-refractivity contribution in [3.05, 3.63) is 29.8 Å². The normalized spacial score (nSPS) is 15.9. The Balaban J connectivity index is 2.34. The van der Waals surface area contributed by atoms with Gasteiger partial charge in [0.2, 0.25) is 0 Å². The lowest BCUT2D eigenvalue weighted by atomic mass is 10.2. The van der Waals surface area contributed by atoms with Gasteiger partial charge in [0, 0.05) is 23.5 Å². The number of benzene rings is 1. The summed E-state index contributed by atoms with van der Waals surface area (Å²) in [5, 5.41) is 3.35. The van der Waals surface area contributed by atoms with E-state index in [0.29, 0.717) is 0 Å². The number of amidine groups is 1. The van der Waals surface area contributed by atoms with Crippen molar-refractivity contribution >= 4 is 17.6 Å². The third-order valence-corrected chi connectivity index (χ3v) is 3.06. The monoisotopic (exact) mass is 206 g/mol. The van der Waals surface area contributed by atoms with Gasteiger partial charge in [-0.15, -0.1) is 11.8 Å². The summed E-state index contributed by atoms with van der Waals surface area (Å²) in [4.78, 5) is 5.79. The Morgan fingerprint density at radius 3 is 2.93 bits per heavy atom. The first kappa shape index (κ1) is 9.59. The van der Waals surface area contributed by atoms with Crippen molar-refractivity contribution < 1.29 is 0 Å². The van der Waals surface area contributed by atoms with Crippen LogP contribution in [-0.4, -0.2) is 25.2 Å². The van der Waals surface area contributed by atoms with E-state index in [1.807, 2.05) is 0 Å². The van der Waals surface area contributed by atoms with Gasteiger partial charge >= 0.3 is 0 Å². The quantitative estimate of drug-likeness (QED) is 0.750. The summed E-state index contributed by atoms with van der Waals surface area (Å²) < 4.78 is 0. The highest BCUT2D eigenvalue weighted by molar-refractivity contribution is 7.98. The summed E-state index contributed by atoms with van der Waals surface area (Å²) in [5.74, 6) is 1.06. The fourth-order valence-corrected chi connectivity index (χ4v) is 2.15. The zero-order valence-electron chi connectivity index (χ0n) is 8.29.